The summed E-state index contributed by atoms with van der Waals surface area (Å²) in [7, 11) is 0. The molecule has 23 heavy (non-hydrogen) atoms. The Labute approximate surface area is 134 Å². The highest BCUT2D eigenvalue weighted by Gasteiger charge is 2.25. The average molecular weight is 320 g/mol. The van der Waals surface area contributed by atoms with Crippen LogP contribution in [0.25, 0.3) is 5.57 Å². The quantitative estimate of drug-likeness (QED) is 0.666. The van der Waals surface area contributed by atoms with Gasteiger partial charge in [-0.05, 0) is 32.8 Å². The standard InChI is InChI=1S/C16H20N2O5/c1-16(2,3)23-15(20)17-9-7-11(8-10-17)12-5-4-6-13(14(12)19)18(21)22/h4-7,19H,8-10H2,1-3H3. The van der Waals surface area contributed by atoms with Gasteiger partial charge < -0.3 is 14.7 Å². The molecule has 0 aliphatic carbocycles. The molecule has 1 aliphatic heterocycles. The second kappa shape index (κ2) is 6.28. The normalized spacial score (nSPS) is 15.1. The summed E-state index contributed by atoms with van der Waals surface area (Å²) in [6.45, 7) is 6.18. The van der Waals surface area contributed by atoms with Crippen molar-refractivity contribution in [3.8, 4) is 5.75 Å². The van der Waals surface area contributed by atoms with Crippen molar-refractivity contribution in [1.29, 1.82) is 0 Å². The molecule has 1 amide bonds. The highest BCUT2D eigenvalue weighted by Crippen LogP contribution is 2.36. The van der Waals surface area contributed by atoms with Gasteiger partial charge in [-0.15, -0.1) is 0 Å². The Morgan fingerprint density at radius 1 is 1.39 bits per heavy atom. The second-order valence-corrected chi connectivity index (χ2v) is 6.34. The van der Waals surface area contributed by atoms with Gasteiger partial charge in [0.1, 0.15) is 5.60 Å². The van der Waals surface area contributed by atoms with E-state index in [-0.39, 0.29) is 11.4 Å². The summed E-state index contributed by atoms with van der Waals surface area (Å²) in [5, 5.41) is 20.9. The summed E-state index contributed by atoms with van der Waals surface area (Å²) in [5.74, 6) is -0.338. The molecule has 0 atom stereocenters. The molecule has 0 aromatic heterocycles. The summed E-state index contributed by atoms with van der Waals surface area (Å²) < 4.78 is 5.31. The Bertz CT molecular complexity index is 661. The molecule has 1 aromatic rings. The summed E-state index contributed by atoms with van der Waals surface area (Å²) in [5.41, 5.74) is 0.339. The number of hydrogen-bond acceptors (Lipinski definition) is 5. The van der Waals surface area contributed by atoms with Crippen LogP contribution in [0.1, 0.15) is 32.8 Å². The van der Waals surface area contributed by atoms with Gasteiger partial charge in [-0.25, -0.2) is 4.79 Å². The van der Waals surface area contributed by atoms with Crippen molar-refractivity contribution < 1.29 is 19.6 Å². The van der Waals surface area contributed by atoms with E-state index in [4.69, 9.17) is 4.74 Å². The van der Waals surface area contributed by atoms with Crippen molar-refractivity contribution in [2.24, 2.45) is 0 Å². The third kappa shape index (κ3) is 4.00. The predicted molar refractivity (Wildman–Crippen MR) is 85.2 cm³/mol. The highest BCUT2D eigenvalue weighted by molar-refractivity contribution is 5.77. The van der Waals surface area contributed by atoms with E-state index in [0.29, 0.717) is 25.1 Å². The number of amides is 1. The van der Waals surface area contributed by atoms with Gasteiger partial charge in [0.05, 0.1) is 4.92 Å². The van der Waals surface area contributed by atoms with Gasteiger partial charge in [0.2, 0.25) is 5.75 Å². The fourth-order valence-electron chi connectivity index (χ4n) is 2.34. The first-order chi connectivity index (χ1) is 10.7. The number of rotatable bonds is 2. The van der Waals surface area contributed by atoms with E-state index in [1.807, 2.05) is 0 Å². The average Bonchev–Trinajstić information content (AvgIpc) is 2.45. The lowest BCUT2D eigenvalue weighted by Gasteiger charge is -2.29. The summed E-state index contributed by atoms with van der Waals surface area (Å²) >= 11 is 0. The van der Waals surface area contributed by atoms with Crippen LogP contribution in [0.15, 0.2) is 24.3 Å². The van der Waals surface area contributed by atoms with Gasteiger partial charge in [0, 0.05) is 24.7 Å². The van der Waals surface area contributed by atoms with E-state index in [1.54, 1.807) is 37.8 Å². The smallest absolute Gasteiger partial charge is 0.410 e. The number of nitrogens with zero attached hydrogens (tertiary/aromatic N) is 2. The Balaban J connectivity index is 2.15. The molecule has 1 aromatic carbocycles. The fourth-order valence-corrected chi connectivity index (χ4v) is 2.34. The molecule has 0 radical (unpaired) electrons. The number of hydrogen-bond donors (Lipinski definition) is 1. The Kier molecular flexibility index (Phi) is 4.58. The van der Waals surface area contributed by atoms with Crippen LogP contribution in [0.5, 0.6) is 5.75 Å². The van der Waals surface area contributed by atoms with Crippen LogP contribution in [0, 0.1) is 10.1 Å². The predicted octanol–water partition coefficient (Wildman–Crippen LogP) is 3.32. The van der Waals surface area contributed by atoms with E-state index < -0.39 is 16.6 Å². The number of benzene rings is 1. The highest BCUT2D eigenvalue weighted by atomic mass is 16.6. The fraction of sp³-hybridized carbons (Fsp3) is 0.438. The first-order valence-corrected chi connectivity index (χ1v) is 7.33. The number of carbonyl (C=O) groups excluding carboxylic acids is 1. The molecule has 0 bridgehead atoms. The monoisotopic (exact) mass is 320 g/mol. The molecular formula is C16H20N2O5. The van der Waals surface area contributed by atoms with Crippen molar-refractivity contribution in [2.75, 3.05) is 13.1 Å². The lowest BCUT2D eigenvalue weighted by molar-refractivity contribution is -0.385. The van der Waals surface area contributed by atoms with Crippen LogP contribution in [0.2, 0.25) is 0 Å². The molecule has 7 heteroatoms. The zero-order valence-electron chi connectivity index (χ0n) is 13.4. The molecule has 0 unspecified atom stereocenters. The third-order valence-corrected chi connectivity index (χ3v) is 3.42. The Morgan fingerprint density at radius 2 is 2.09 bits per heavy atom. The van der Waals surface area contributed by atoms with Gasteiger partial charge in [-0.2, -0.15) is 0 Å². The lowest BCUT2D eigenvalue weighted by Crippen LogP contribution is -2.39. The Hall–Kier alpha value is -2.57. The number of para-hydroxylation sites is 1. The van der Waals surface area contributed by atoms with Crippen molar-refractivity contribution in [1.82, 2.24) is 4.90 Å². The number of nitro benzene ring substituents is 1. The van der Waals surface area contributed by atoms with Gasteiger partial charge in [-0.1, -0.05) is 18.2 Å². The minimum atomic E-state index is -0.616. The topological polar surface area (TPSA) is 92.9 Å². The van der Waals surface area contributed by atoms with Crippen LogP contribution in [0.4, 0.5) is 10.5 Å². The Morgan fingerprint density at radius 3 is 2.61 bits per heavy atom. The van der Waals surface area contributed by atoms with E-state index in [9.17, 15) is 20.0 Å². The minimum absolute atomic E-state index is 0.321. The molecule has 0 spiro atoms. The van der Waals surface area contributed by atoms with Crippen LogP contribution in [-0.4, -0.2) is 39.7 Å². The van der Waals surface area contributed by atoms with Gasteiger partial charge >= 0.3 is 11.8 Å². The number of nitro groups is 1. The van der Waals surface area contributed by atoms with Crippen molar-refractivity contribution >= 4 is 17.4 Å². The maximum absolute atomic E-state index is 12.0. The number of phenolic OH excluding ortho intramolecular Hbond substituents is 1. The van der Waals surface area contributed by atoms with Crippen molar-refractivity contribution in [3.63, 3.8) is 0 Å². The molecular weight excluding hydrogens is 300 g/mol. The van der Waals surface area contributed by atoms with E-state index in [0.717, 1.165) is 5.57 Å². The molecule has 0 saturated carbocycles. The van der Waals surface area contributed by atoms with Crippen LogP contribution in [0.3, 0.4) is 0 Å². The number of ether oxygens (including phenoxy) is 1. The van der Waals surface area contributed by atoms with Crippen LogP contribution >= 0.6 is 0 Å². The first kappa shape index (κ1) is 16.8. The van der Waals surface area contributed by atoms with E-state index >= 15 is 0 Å². The second-order valence-electron chi connectivity index (χ2n) is 6.34. The summed E-state index contributed by atoms with van der Waals surface area (Å²) in [6, 6.07) is 4.43. The molecule has 1 aliphatic rings. The molecule has 7 nitrogen and oxygen atoms in total. The molecule has 1 heterocycles. The van der Waals surface area contributed by atoms with Gasteiger partial charge in [0.25, 0.3) is 0 Å². The summed E-state index contributed by atoms with van der Waals surface area (Å²) in [6.07, 6.45) is 1.89. The third-order valence-electron chi connectivity index (χ3n) is 3.42. The number of phenols is 1. The molecule has 0 fully saturated rings. The molecule has 2 rings (SSSR count). The maximum Gasteiger partial charge on any atom is 0.410 e. The zero-order chi connectivity index (χ0) is 17.2. The minimum Gasteiger partial charge on any atom is -0.502 e. The molecule has 124 valence electrons. The van der Waals surface area contributed by atoms with Crippen molar-refractivity contribution in [2.45, 2.75) is 32.8 Å². The summed E-state index contributed by atoms with van der Waals surface area (Å²) in [4.78, 5) is 23.8. The van der Waals surface area contributed by atoms with Gasteiger partial charge in [-0.3, -0.25) is 10.1 Å². The van der Waals surface area contributed by atoms with Gasteiger partial charge in [0.15, 0.2) is 0 Å². The zero-order valence-corrected chi connectivity index (χ0v) is 13.4. The molecule has 0 saturated heterocycles. The first-order valence-electron chi connectivity index (χ1n) is 7.33. The largest absolute Gasteiger partial charge is 0.502 e. The SMILES string of the molecule is CC(C)(C)OC(=O)N1CC=C(c2cccc([N+](=O)[O-])c2O)CC1. The van der Waals surface area contributed by atoms with Crippen LogP contribution in [-0.2, 0) is 4.74 Å². The maximum atomic E-state index is 12.0. The van der Waals surface area contributed by atoms with Crippen molar-refractivity contribution in [3.05, 3.63) is 40.0 Å². The van der Waals surface area contributed by atoms with E-state index in [1.165, 1.54) is 12.1 Å². The number of aromatic hydroxyl groups is 1. The van der Waals surface area contributed by atoms with E-state index in [2.05, 4.69) is 0 Å². The number of carbonyl (C=O) groups is 1. The lowest BCUT2D eigenvalue weighted by atomic mass is 9.98. The molecule has 1 N–H and O–H groups in total. The van der Waals surface area contributed by atoms with Crippen LogP contribution < -0.4 is 0 Å².